The van der Waals surface area contributed by atoms with Crippen LogP contribution in [0.5, 0.6) is 0 Å². The average molecular weight is 591 g/mol. The van der Waals surface area contributed by atoms with Gasteiger partial charge in [0.05, 0.1) is 35.3 Å². The van der Waals surface area contributed by atoms with Crippen molar-refractivity contribution in [2.24, 2.45) is 11.8 Å². The van der Waals surface area contributed by atoms with Crippen molar-refractivity contribution in [3.05, 3.63) is 132 Å². The van der Waals surface area contributed by atoms with Gasteiger partial charge in [-0.3, -0.25) is 19.2 Å². The number of hydrazine groups is 1. The number of nitrogens with zero attached hydrogens (tertiary/aromatic N) is 4. The van der Waals surface area contributed by atoms with Crippen LogP contribution >= 0.6 is 0 Å². The van der Waals surface area contributed by atoms with Gasteiger partial charge in [0.25, 0.3) is 11.8 Å². The van der Waals surface area contributed by atoms with Gasteiger partial charge in [-0.05, 0) is 59.7 Å². The quantitative estimate of drug-likeness (QED) is 0.328. The maximum Gasteiger partial charge on any atom is 0.253 e. The second kappa shape index (κ2) is 9.73. The van der Waals surface area contributed by atoms with Gasteiger partial charge in [0.1, 0.15) is 23.7 Å². The summed E-state index contributed by atoms with van der Waals surface area (Å²) in [4.78, 5) is 59.3. The number of carbonyl (C=O) groups is 4. The van der Waals surface area contributed by atoms with Gasteiger partial charge in [-0.25, -0.2) is 28.6 Å². The number of anilines is 2. The first-order valence-corrected chi connectivity index (χ1v) is 14.3. The van der Waals surface area contributed by atoms with Gasteiger partial charge >= 0.3 is 0 Å². The SMILES string of the molecule is O=C1[C@@H]2[C@@H](C(=O)N1c1ccc(F)cc1)N1[C@@H](c3ccccc3)[C@H]3C(=O)N(c4ccc(F)cc4)C(=O)[C@@H]3N1[C@@H]2c1ccccc1. The molecule has 4 aliphatic heterocycles. The van der Waals surface area contributed by atoms with Crippen molar-refractivity contribution in [2.45, 2.75) is 24.2 Å². The molecule has 0 bridgehead atoms. The Morgan fingerprint density at radius 2 is 0.750 bits per heavy atom. The van der Waals surface area contributed by atoms with Crippen LogP contribution in [0.2, 0.25) is 0 Å². The van der Waals surface area contributed by atoms with Crippen molar-refractivity contribution in [3.8, 4) is 0 Å². The van der Waals surface area contributed by atoms with Gasteiger partial charge in [0, 0.05) is 0 Å². The fourth-order valence-electron chi connectivity index (χ4n) is 7.49. The lowest BCUT2D eigenvalue weighted by atomic mass is 9.84. The second-order valence-corrected chi connectivity index (χ2v) is 11.4. The molecule has 44 heavy (non-hydrogen) atoms. The third kappa shape index (κ3) is 3.61. The Balaban J connectivity index is 1.32. The second-order valence-electron chi connectivity index (χ2n) is 11.4. The van der Waals surface area contributed by atoms with Gasteiger partial charge in [0.2, 0.25) is 11.8 Å². The van der Waals surface area contributed by atoms with E-state index in [1.54, 1.807) is 10.0 Å². The molecule has 8 nitrogen and oxygen atoms in total. The number of rotatable bonds is 4. The number of hydrogen-bond donors (Lipinski definition) is 0. The molecule has 4 heterocycles. The summed E-state index contributed by atoms with van der Waals surface area (Å²) in [7, 11) is 0. The molecule has 0 spiro atoms. The molecule has 10 heteroatoms. The largest absolute Gasteiger partial charge is 0.274 e. The zero-order valence-electron chi connectivity index (χ0n) is 23.0. The maximum atomic E-state index is 14.3. The van der Waals surface area contributed by atoms with Crippen molar-refractivity contribution in [3.63, 3.8) is 0 Å². The average Bonchev–Trinajstić information content (AvgIpc) is 3.71. The molecule has 4 aliphatic rings. The lowest BCUT2D eigenvalue weighted by molar-refractivity contribution is -0.136. The number of halogens is 2. The summed E-state index contributed by atoms with van der Waals surface area (Å²) in [5, 5.41) is 3.54. The number of carbonyl (C=O) groups excluding carboxylic acids is 4. The van der Waals surface area contributed by atoms with E-state index < -0.39 is 71.3 Å². The number of fused-ring (bicyclic) bond motifs is 5. The Bertz CT molecular complexity index is 1690. The lowest BCUT2D eigenvalue weighted by Crippen LogP contribution is -2.50. The van der Waals surface area contributed by atoms with Gasteiger partial charge in [0.15, 0.2) is 0 Å². The predicted molar refractivity (Wildman–Crippen MR) is 154 cm³/mol. The molecular formula is C34H24F2N4O4. The summed E-state index contributed by atoms with van der Waals surface area (Å²) in [6.45, 7) is 0. The third-order valence-electron chi connectivity index (χ3n) is 9.18. The minimum absolute atomic E-state index is 0.249. The van der Waals surface area contributed by atoms with Gasteiger partial charge in [-0.1, -0.05) is 60.7 Å². The first-order chi connectivity index (χ1) is 21.4. The summed E-state index contributed by atoms with van der Waals surface area (Å²) < 4.78 is 27.6. The number of benzene rings is 4. The van der Waals surface area contributed by atoms with Crippen LogP contribution in [0.1, 0.15) is 23.2 Å². The fraction of sp³-hybridized carbons (Fsp3) is 0.176. The first kappa shape index (κ1) is 26.6. The molecule has 6 atom stereocenters. The molecule has 0 aliphatic carbocycles. The van der Waals surface area contributed by atoms with Crippen LogP contribution < -0.4 is 9.80 Å². The fourth-order valence-corrected chi connectivity index (χ4v) is 7.49. The van der Waals surface area contributed by atoms with Crippen LogP contribution in [0.3, 0.4) is 0 Å². The van der Waals surface area contributed by atoms with E-state index in [9.17, 15) is 28.0 Å². The summed E-state index contributed by atoms with van der Waals surface area (Å²) in [6, 6.07) is 25.1. The Hall–Kier alpha value is -5.06. The lowest BCUT2D eigenvalue weighted by Gasteiger charge is -2.35. The Morgan fingerprint density at radius 1 is 0.409 bits per heavy atom. The first-order valence-electron chi connectivity index (χ1n) is 14.3. The Kier molecular flexibility index (Phi) is 5.87. The molecule has 0 N–H and O–H groups in total. The van der Waals surface area contributed by atoms with E-state index in [1.165, 1.54) is 48.5 Å². The summed E-state index contributed by atoms with van der Waals surface area (Å²) >= 11 is 0. The summed E-state index contributed by atoms with van der Waals surface area (Å²) in [5.74, 6) is -4.77. The molecule has 8 rings (SSSR count). The van der Waals surface area contributed by atoms with Gasteiger partial charge < -0.3 is 0 Å². The van der Waals surface area contributed by atoms with E-state index in [4.69, 9.17) is 0 Å². The molecule has 0 unspecified atom stereocenters. The van der Waals surface area contributed by atoms with Crippen molar-refractivity contribution >= 4 is 35.0 Å². The van der Waals surface area contributed by atoms with Crippen molar-refractivity contribution in [1.29, 1.82) is 0 Å². The van der Waals surface area contributed by atoms with E-state index in [1.807, 2.05) is 60.7 Å². The molecular weight excluding hydrogens is 566 g/mol. The van der Waals surface area contributed by atoms with E-state index >= 15 is 0 Å². The van der Waals surface area contributed by atoms with Crippen LogP contribution in [-0.2, 0) is 19.2 Å². The van der Waals surface area contributed by atoms with Crippen molar-refractivity contribution in [1.82, 2.24) is 10.0 Å². The van der Waals surface area contributed by atoms with Crippen LogP contribution in [0, 0.1) is 23.5 Å². The van der Waals surface area contributed by atoms with Gasteiger partial charge in [-0.2, -0.15) is 0 Å². The van der Waals surface area contributed by atoms with Crippen LogP contribution in [0.4, 0.5) is 20.2 Å². The summed E-state index contributed by atoms with van der Waals surface area (Å²) in [6.07, 6.45) is 0. The zero-order chi connectivity index (χ0) is 30.3. The molecule has 4 amide bonds. The molecule has 0 aromatic heterocycles. The molecule has 4 fully saturated rings. The maximum absolute atomic E-state index is 14.3. The minimum Gasteiger partial charge on any atom is -0.274 e. The minimum atomic E-state index is -1.02. The molecule has 4 aromatic carbocycles. The molecule has 4 aromatic rings. The highest BCUT2D eigenvalue weighted by atomic mass is 19.1. The van der Waals surface area contributed by atoms with E-state index in [0.717, 1.165) is 9.80 Å². The smallest absolute Gasteiger partial charge is 0.253 e. The van der Waals surface area contributed by atoms with Crippen molar-refractivity contribution < 1.29 is 28.0 Å². The highest BCUT2D eigenvalue weighted by molar-refractivity contribution is 6.26. The van der Waals surface area contributed by atoms with Crippen LogP contribution in [0.25, 0.3) is 0 Å². The normalized spacial score (nSPS) is 28.1. The topological polar surface area (TPSA) is 81.2 Å². The molecule has 218 valence electrons. The van der Waals surface area contributed by atoms with E-state index in [2.05, 4.69) is 0 Å². The third-order valence-corrected chi connectivity index (χ3v) is 9.18. The highest BCUT2D eigenvalue weighted by Gasteiger charge is 2.73. The molecule has 0 saturated carbocycles. The predicted octanol–water partition coefficient (Wildman–Crippen LogP) is 4.41. The number of hydrogen-bond acceptors (Lipinski definition) is 6. The van der Waals surface area contributed by atoms with E-state index in [0.29, 0.717) is 11.1 Å². The molecule has 4 saturated heterocycles. The Morgan fingerprint density at radius 3 is 1.09 bits per heavy atom. The van der Waals surface area contributed by atoms with Gasteiger partial charge in [-0.15, -0.1) is 0 Å². The van der Waals surface area contributed by atoms with Crippen LogP contribution in [0.15, 0.2) is 109 Å². The standard InChI is InChI=1S/C34H24F2N4O4/c35-21-11-15-23(16-12-21)37-31(41)25-27(19-7-3-1-4-8-19)39-30-26(32(42)38(34(30)44)24-17-13-22(36)14-18-24)28(20-9-5-2-6-10-20)40(39)29(25)33(37)43/h1-18,25-30H/t25-,26+,27+,28-,29-,30+. The monoisotopic (exact) mass is 590 g/mol. The zero-order valence-corrected chi connectivity index (χ0v) is 23.0. The Labute approximate surface area is 250 Å². The van der Waals surface area contributed by atoms with Crippen molar-refractivity contribution in [2.75, 3.05) is 9.80 Å². The van der Waals surface area contributed by atoms with E-state index in [-0.39, 0.29) is 11.4 Å². The summed E-state index contributed by atoms with van der Waals surface area (Å²) in [5.41, 5.74) is 1.92. The molecule has 0 radical (unpaired) electrons. The van der Waals surface area contributed by atoms with Crippen LogP contribution in [-0.4, -0.2) is 45.7 Å². The highest BCUT2D eigenvalue weighted by Crippen LogP contribution is 2.59. The number of amides is 4. The number of imide groups is 2.